The smallest absolute Gasteiger partial charge is 0.282 e. The summed E-state index contributed by atoms with van der Waals surface area (Å²) in [6, 6.07) is 14.7. The van der Waals surface area contributed by atoms with Gasteiger partial charge in [0, 0.05) is 43.7 Å². The van der Waals surface area contributed by atoms with Gasteiger partial charge in [-0.3, -0.25) is 4.79 Å². The van der Waals surface area contributed by atoms with Crippen molar-refractivity contribution in [3.05, 3.63) is 69.4 Å². The van der Waals surface area contributed by atoms with Crippen LogP contribution in [0, 0.1) is 5.92 Å². The van der Waals surface area contributed by atoms with E-state index in [4.69, 9.17) is 4.74 Å². The van der Waals surface area contributed by atoms with E-state index in [1.165, 1.54) is 16.9 Å². The van der Waals surface area contributed by atoms with Crippen LogP contribution in [-0.4, -0.2) is 51.0 Å². The van der Waals surface area contributed by atoms with E-state index in [9.17, 15) is 4.79 Å². The maximum atomic E-state index is 12.4. The number of rotatable bonds is 10. The Morgan fingerprint density at radius 1 is 1.03 bits per heavy atom. The first-order chi connectivity index (χ1) is 17.2. The van der Waals surface area contributed by atoms with E-state index >= 15 is 0 Å². The molecule has 9 heteroatoms. The first kappa shape index (κ1) is 23.6. The van der Waals surface area contributed by atoms with Crippen LogP contribution in [0.4, 0.5) is 0 Å². The normalized spacial score (nSPS) is 14.4. The predicted octanol–water partition coefficient (Wildman–Crippen LogP) is 4.12. The second-order valence-corrected chi connectivity index (χ2v) is 10.1. The summed E-state index contributed by atoms with van der Waals surface area (Å²) in [4.78, 5) is 15.7. The Bertz CT molecular complexity index is 1250. The van der Waals surface area contributed by atoms with Crippen LogP contribution in [-0.2, 0) is 24.0 Å². The maximum Gasteiger partial charge on any atom is 0.282 e. The summed E-state index contributed by atoms with van der Waals surface area (Å²) < 4.78 is 5.37. The number of unbranched alkanes of at least 4 members (excludes halogenated alkanes) is 1. The molecule has 0 aliphatic carbocycles. The number of aromatic nitrogens is 5. The Balaban J connectivity index is 1.07. The number of aryl methyl sites for hydroxylation is 2. The number of H-pyrrole nitrogens is 1. The molecule has 5 rings (SSSR count). The van der Waals surface area contributed by atoms with Crippen molar-refractivity contribution in [1.82, 2.24) is 30.7 Å². The van der Waals surface area contributed by atoms with Gasteiger partial charge in [0.05, 0.1) is 5.69 Å². The fourth-order valence-electron chi connectivity index (χ4n) is 4.36. The quantitative estimate of drug-likeness (QED) is 0.324. The fraction of sp³-hybridized carbons (Fsp3) is 0.423. The lowest BCUT2D eigenvalue weighted by atomic mass is 10.0. The SMILES string of the molecule is O=C(NCC1CCOCC1)c1nnc(CCCCc2cc3cc(Cc4ccccc4)[nH]c3nn2)s1. The minimum atomic E-state index is -0.123. The van der Waals surface area contributed by atoms with Crippen LogP contribution in [0.1, 0.15) is 57.4 Å². The van der Waals surface area contributed by atoms with Crippen LogP contribution in [0.2, 0.25) is 0 Å². The van der Waals surface area contributed by atoms with Crippen molar-refractivity contribution in [2.24, 2.45) is 5.92 Å². The van der Waals surface area contributed by atoms with Gasteiger partial charge in [-0.1, -0.05) is 41.7 Å². The van der Waals surface area contributed by atoms with Crippen LogP contribution in [0.15, 0.2) is 42.5 Å². The Morgan fingerprint density at radius 3 is 2.71 bits per heavy atom. The first-order valence-electron chi connectivity index (χ1n) is 12.3. The molecule has 35 heavy (non-hydrogen) atoms. The maximum absolute atomic E-state index is 12.4. The van der Waals surface area contributed by atoms with Gasteiger partial charge < -0.3 is 15.0 Å². The number of aromatic amines is 1. The number of amides is 1. The lowest BCUT2D eigenvalue weighted by molar-refractivity contribution is 0.0642. The Hall–Kier alpha value is -3.17. The highest BCUT2D eigenvalue weighted by Crippen LogP contribution is 2.19. The minimum Gasteiger partial charge on any atom is -0.381 e. The molecule has 0 atom stereocenters. The van der Waals surface area contributed by atoms with Gasteiger partial charge >= 0.3 is 0 Å². The van der Waals surface area contributed by atoms with Crippen molar-refractivity contribution in [3.8, 4) is 0 Å². The molecule has 1 aliphatic heterocycles. The van der Waals surface area contributed by atoms with Crippen LogP contribution in [0.5, 0.6) is 0 Å². The zero-order valence-electron chi connectivity index (χ0n) is 19.7. The van der Waals surface area contributed by atoms with Crippen molar-refractivity contribution in [3.63, 3.8) is 0 Å². The summed E-state index contributed by atoms with van der Waals surface area (Å²) in [7, 11) is 0. The molecule has 3 aromatic heterocycles. The largest absolute Gasteiger partial charge is 0.381 e. The van der Waals surface area contributed by atoms with E-state index in [1.54, 1.807) is 0 Å². The second kappa shape index (κ2) is 11.5. The summed E-state index contributed by atoms with van der Waals surface area (Å²) in [5.41, 5.74) is 4.23. The van der Waals surface area contributed by atoms with E-state index in [2.05, 4.69) is 67.1 Å². The van der Waals surface area contributed by atoms with E-state index < -0.39 is 0 Å². The molecule has 0 bridgehead atoms. The zero-order chi connectivity index (χ0) is 23.9. The number of nitrogens with zero attached hydrogens (tertiary/aromatic N) is 4. The second-order valence-electron chi connectivity index (χ2n) is 9.07. The van der Waals surface area contributed by atoms with Gasteiger partial charge in [0.2, 0.25) is 5.01 Å². The third-order valence-electron chi connectivity index (χ3n) is 6.35. The molecule has 1 fully saturated rings. The van der Waals surface area contributed by atoms with Gasteiger partial charge in [0.25, 0.3) is 5.91 Å². The monoisotopic (exact) mass is 490 g/mol. The number of hydrogen-bond acceptors (Lipinski definition) is 7. The molecule has 182 valence electrons. The predicted molar refractivity (Wildman–Crippen MR) is 136 cm³/mol. The molecule has 0 unspecified atom stereocenters. The minimum absolute atomic E-state index is 0.123. The molecule has 8 nitrogen and oxygen atoms in total. The number of fused-ring (bicyclic) bond motifs is 1. The van der Waals surface area contributed by atoms with Gasteiger partial charge in [-0.2, -0.15) is 5.10 Å². The van der Waals surface area contributed by atoms with E-state index in [-0.39, 0.29) is 5.91 Å². The van der Waals surface area contributed by atoms with Gasteiger partial charge in [-0.15, -0.1) is 15.3 Å². The van der Waals surface area contributed by atoms with E-state index in [1.807, 2.05) is 6.07 Å². The average molecular weight is 491 g/mol. The summed E-state index contributed by atoms with van der Waals surface area (Å²) in [5, 5.41) is 22.5. The fourth-order valence-corrected chi connectivity index (χ4v) is 5.15. The lowest BCUT2D eigenvalue weighted by Gasteiger charge is -2.21. The van der Waals surface area contributed by atoms with E-state index in [0.29, 0.717) is 17.5 Å². The van der Waals surface area contributed by atoms with Crippen molar-refractivity contribution in [2.75, 3.05) is 19.8 Å². The molecule has 1 aromatic carbocycles. The molecule has 1 aliphatic rings. The van der Waals surface area contributed by atoms with Crippen molar-refractivity contribution < 1.29 is 9.53 Å². The van der Waals surface area contributed by atoms with Crippen LogP contribution in [0.25, 0.3) is 11.0 Å². The number of nitrogens with one attached hydrogen (secondary N) is 2. The number of carbonyl (C=O) groups excluding carboxylic acids is 1. The van der Waals surface area contributed by atoms with Crippen LogP contribution in [0.3, 0.4) is 0 Å². The van der Waals surface area contributed by atoms with Gasteiger partial charge in [-0.05, 0) is 55.7 Å². The molecular formula is C26H30N6O2S. The highest BCUT2D eigenvalue weighted by Gasteiger charge is 2.17. The van der Waals surface area contributed by atoms with Gasteiger partial charge in [0.1, 0.15) is 5.01 Å². The number of hydrogen-bond donors (Lipinski definition) is 2. The van der Waals surface area contributed by atoms with Crippen LogP contribution < -0.4 is 5.32 Å². The van der Waals surface area contributed by atoms with Crippen LogP contribution >= 0.6 is 11.3 Å². The molecule has 0 radical (unpaired) electrons. The highest BCUT2D eigenvalue weighted by atomic mass is 32.1. The third kappa shape index (κ3) is 6.49. The summed E-state index contributed by atoms with van der Waals surface area (Å²) in [6.45, 7) is 2.24. The van der Waals surface area contributed by atoms with Crippen molar-refractivity contribution >= 4 is 28.3 Å². The Morgan fingerprint density at radius 2 is 1.86 bits per heavy atom. The highest BCUT2D eigenvalue weighted by molar-refractivity contribution is 7.13. The third-order valence-corrected chi connectivity index (χ3v) is 7.33. The Kier molecular flexibility index (Phi) is 7.75. The summed E-state index contributed by atoms with van der Waals surface area (Å²) >= 11 is 1.39. The molecule has 0 saturated carbocycles. The lowest BCUT2D eigenvalue weighted by Crippen LogP contribution is -2.32. The molecule has 1 amide bonds. The first-order valence-corrected chi connectivity index (χ1v) is 13.1. The summed E-state index contributed by atoms with van der Waals surface area (Å²) in [5.74, 6) is 0.367. The van der Waals surface area contributed by atoms with E-state index in [0.717, 1.165) is 85.6 Å². The number of ether oxygens (including phenoxy) is 1. The topological polar surface area (TPSA) is 106 Å². The zero-order valence-corrected chi connectivity index (χ0v) is 20.5. The van der Waals surface area contributed by atoms with Gasteiger partial charge in [0.15, 0.2) is 5.65 Å². The molecule has 1 saturated heterocycles. The molecule has 2 N–H and O–H groups in total. The van der Waals surface area contributed by atoms with Crippen molar-refractivity contribution in [2.45, 2.75) is 44.9 Å². The van der Waals surface area contributed by atoms with Crippen molar-refractivity contribution in [1.29, 1.82) is 0 Å². The standard InChI is InChI=1S/C26H30N6O2S/c33-25(27-17-19-10-12-34-13-11-19)26-32-30-23(35-26)9-5-4-8-21-15-20-16-22(28-24(20)31-29-21)14-18-6-2-1-3-7-18/h1-3,6-7,15-16,19H,4-5,8-14,17H2,(H,27,33)(H,28,31). The molecule has 4 aromatic rings. The van der Waals surface area contributed by atoms with Gasteiger partial charge in [-0.25, -0.2) is 0 Å². The Labute approximate surface area is 208 Å². The number of carbonyl (C=O) groups is 1. The average Bonchev–Trinajstić information content (AvgIpc) is 3.53. The summed E-state index contributed by atoms with van der Waals surface area (Å²) in [6.07, 6.45) is 6.46. The number of benzene rings is 1. The molecular weight excluding hydrogens is 460 g/mol. The molecule has 4 heterocycles. The molecule has 0 spiro atoms.